The molecule has 1 N–H and O–H groups in total. The minimum Gasteiger partial charge on any atom is -0.336 e. The van der Waals surface area contributed by atoms with Crippen LogP contribution in [-0.2, 0) is 7.05 Å². The fraction of sp³-hybridized carbons (Fsp3) is 0.667. The normalized spacial score (nSPS) is 19.5. The number of carbonyl (C=O) groups excluding carboxylic acids is 1. The van der Waals surface area contributed by atoms with E-state index in [9.17, 15) is 4.79 Å². The van der Waals surface area contributed by atoms with Crippen LogP contribution >= 0.6 is 12.4 Å². The molecular weight excluding hydrogens is 252 g/mol. The number of aryl methyl sites for hydroxylation is 2. The number of amides is 1. The van der Waals surface area contributed by atoms with E-state index in [1.165, 1.54) is 0 Å². The summed E-state index contributed by atoms with van der Waals surface area (Å²) < 4.78 is 1.67. The first-order chi connectivity index (χ1) is 8.11. The van der Waals surface area contributed by atoms with Crippen molar-refractivity contribution in [3.63, 3.8) is 0 Å². The smallest absolute Gasteiger partial charge is 0.272 e. The summed E-state index contributed by atoms with van der Waals surface area (Å²) in [4.78, 5) is 14.3. The first kappa shape index (κ1) is 15.0. The van der Waals surface area contributed by atoms with E-state index in [1.807, 2.05) is 32.0 Å². The maximum Gasteiger partial charge on any atom is 0.272 e. The van der Waals surface area contributed by atoms with Gasteiger partial charge in [-0.1, -0.05) is 0 Å². The molecule has 0 aromatic carbocycles. The molecule has 102 valence electrons. The molecule has 1 atom stereocenters. The van der Waals surface area contributed by atoms with E-state index in [-0.39, 0.29) is 18.3 Å². The van der Waals surface area contributed by atoms with Gasteiger partial charge in [-0.2, -0.15) is 5.10 Å². The summed E-state index contributed by atoms with van der Waals surface area (Å²) in [5, 5.41) is 7.46. The van der Waals surface area contributed by atoms with E-state index in [4.69, 9.17) is 0 Å². The van der Waals surface area contributed by atoms with Gasteiger partial charge in [-0.25, -0.2) is 0 Å². The van der Waals surface area contributed by atoms with Crippen molar-refractivity contribution in [2.24, 2.45) is 7.05 Å². The Labute approximate surface area is 114 Å². The minimum atomic E-state index is 0. The van der Waals surface area contributed by atoms with Gasteiger partial charge in [0.1, 0.15) is 5.69 Å². The zero-order chi connectivity index (χ0) is 12.4. The molecule has 1 aliphatic rings. The Morgan fingerprint density at radius 1 is 1.56 bits per heavy atom. The zero-order valence-electron chi connectivity index (χ0n) is 11.1. The van der Waals surface area contributed by atoms with Gasteiger partial charge in [-0.15, -0.1) is 12.4 Å². The van der Waals surface area contributed by atoms with Crippen LogP contribution < -0.4 is 5.32 Å². The van der Waals surface area contributed by atoms with Gasteiger partial charge in [0.2, 0.25) is 0 Å². The molecular formula is C12H21ClN4O. The van der Waals surface area contributed by atoms with Crippen LogP contribution in [-0.4, -0.2) is 46.8 Å². The fourth-order valence-corrected chi connectivity index (χ4v) is 2.37. The molecule has 2 rings (SSSR count). The topological polar surface area (TPSA) is 50.2 Å². The lowest BCUT2D eigenvalue weighted by atomic mass is 10.1. The monoisotopic (exact) mass is 272 g/mol. The predicted octanol–water partition coefficient (Wildman–Crippen LogP) is 0.974. The van der Waals surface area contributed by atoms with Crippen molar-refractivity contribution in [3.05, 3.63) is 17.5 Å². The SMILES string of the molecule is CNC1CCCN(C(=O)c2cc(C)nn2C)C1.Cl. The second-order valence-corrected chi connectivity index (χ2v) is 4.67. The number of aromatic nitrogens is 2. The van der Waals surface area contributed by atoms with Crippen molar-refractivity contribution in [1.29, 1.82) is 0 Å². The maximum atomic E-state index is 12.3. The van der Waals surface area contributed by atoms with Gasteiger partial charge in [0.25, 0.3) is 5.91 Å². The number of likely N-dealkylation sites (N-methyl/N-ethyl adjacent to an activating group) is 1. The molecule has 0 spiro atoms. The molecule has 1 aromatic rings. The van der Waals surface area contributed by atoms with Crippen LogP contribution in [0.3, 0.4) is 0 Å². The van der Waals surface area contributed by atoms with Crippen LogP contribution in [0.15, 0.2) is 6.07 Å². The third-order valence-corrected chi connectivity index (χ3v) is 3.34. The van der Waals surface area contributed by atoms with Gasteiger partial charge in [0.15, 0.2) is 0 Å². The number of halogens is 1. The van der Waals surface area contributed by atoms with E-state index >= 15 is 0 Å². The lowest BCUT2D eigenvalue weighted by Crippen LogP contribution is -2.47. The molecule has 1 aromatic heterocycles. The summed E-state index contributed by atoms with van der Waals surface area (Å²) in [5.41, 5.74) is 1.57. The number of likely N-dealkylation sites (tertiary alicyclic amines) is 1. The van der Waals surface area contributed by atoms with Gasteiger partial charge in [-0.05, 0) is 32.9 Å². The molecule has 1 saturated heterocycles. The summed E-state index contributed by atoms with van der Waals surface area (Å²) in [6, 6.07) is 2.27. The summed E-state index contributed by atoms with van der Waals surface area (Å²) in [5.74, 6) is 0.0908. The summed E-state index contributed by atoms with van der Waals surface area (Å²) >= 11 is 0. The van der Waals surface area contributed by atoms with Gasteiger partial charge < -0.3 is 10.2 Å². The number of hydrogen-bond acceptors (Lipinski definition) is 3. The molecule has 0 bridgehead atoms. The van der Waals surface area contributed by atoms with E-state index in [0.717, 1.165) is 31.6 Å². The first-order valence-electron chi connectivity index (χ1n) is 6.09. The number of piperidine rings is 1. The largest absolute Gasteiger partial charge is 0.336 e. The first-order valence-corrected chi connectivity index (χ1v) is 6.09. The number of rotatable bonds is 2. The average Bonchev–Trinajstić information content (AvgIpc) is 2.67. The molecule has 0 saturated carbocycles. The Hall–Kier alpha value is -1.07. The van der Waals surface area contributed by atoms with E-state index in [1.54, 1.807) is 4.68 Å². The van der Waals surface area contributed by atoms with Crippen LogP contribution in [0.5, 0.6) is 0 Å². The van der Waals surface area contributed by atoms with Crippen molar-refractivity contribution < 1.29 is 4.79 Å². The molecule has 2 heterocycles. The van der Waals surface area contributed by atoms with Gasteiger partial charge in [-0.3, -0.25) is 9.48 Å². The van der Waals surface area contributed by atoms with E-state index < -0.39 is 0 Å². The number of nitrogens with one attached hydrogen (secondary N) is 1. The van der Waals surface area contributed by atoms with Gasteiger partial charge in [0, 0.05) is 26.2 Å². The predicted molar refractivity (Wildman–Crippen MR) is 73.2 cm³/mol. The highest BCUT2D eigenvalue weighted by Gasteiger charge is 2.25. The highest BCUT2D eigenvalue weighted by molar-refractivity contribution is 5.92. The summed E-state index contributed by atoms with van der Waals surface area (Å²) in [6.45, 7) is 3.55. The fourth-order valence-electron chi connectivity index (χ4n) is 2.37. The molecule has 1 aliphatic heterocycles. The van der Waals surface area contributed by atoms with Crippen molar-refractivity contribution in [1.82, 2.24) is 20.0 Å². The molecule has 0 radical (unpaired) electrons. The summed E-state index contributed by atoms with van der Waals surface area (Å²) in [6.07, 6.45) is 2.21. The Bertz CT molecular complexity index is 418. The van der Waals surface area contributed by atoms with Crippen LogP contribution in [0.2, 0.25) is 0 Å². The molecule has 1 fully saturated rings. The molecule has 6 heteroatoms. The second-order valence-electron chi connectivity index (χ2n) is 4.67. The maximum absolute atomic E-state index is 12.3. The molecule has 18 heavy (non-hydrogen) atoms. The Morgan fingerprint density at radius 3 is 2.83 bits per heavy atom. The zero-order valence-corrected chi connectivity index (χ0v) is 12.0. The highest BCUT2D eigenvalue weighted by atomic mass is 35.5. The third-order valence-electron chi connectivity index (χ3n) is 3.34. The van der Waals surface area contributed by atoms with Crippen molar-refractivity contribution in [2.45, 2.75) is 25.8 Å². The Kier molecular flexibility index (Phi) is 5.16. The van der Waals surface area contributed by atoms with Crippen LogP contribution in [0.25, 0.3) is 0 Å². The molecule has 0 aliphatic carbocycles. The Morgan fingerprint density at radius 2 is 2.28 bits per heavy atom. The van der Waals surface area contributed by atoms with E-state index in [2.05, 4.69) is 10.4 Å². The molecule has 5 nitrogen and oxygen atoms in total. The standard InChI is InChI=1S/C12H20N4O.ClH/c1-9-7-11(15(3)14-9)12(17)16-6-4-5-10(8-16)13-2;/h7,10,13H,4-6,8H2,1-3H3;1H. The van der Waals surface area contributed by atoms with Crippen molar-refractivity contribution in [3.8, 4) is 0 Å². The highest BCUT2D eigenvalue weighted by Crippen LogP contribution is 2.14. The quantitative estimate of drug-likeness (QED) is 0.873. The minimum absolute atomic E-state index is 0. The average molecular weight is 273 g/mol. The lowest BCUT2D eigenvalue weighted by molar-refractivity contribution is 0.0687. The van der Waals surface area contributed by atoms with Crippen LogP contribution in [0.4, 0.5) is 0 Å². The number of carbonyl (C=O) groups is 1. The summed E-state index contributed by atoms with van der Waals surface area (Å²) in [7, 11) is 3.77. The van der Waals surface area contributed by atoms with E-state index in [0.29, 0.717) is 11.7 Å². The molecule has 1 unspecified atom stereocenters. The third kappa shape index (κ3) is 3.03. The molecule has 1 amide bonds. The van der Waals surface area contributed by atoms with Crippen molar-refractivity contribution >= 4 is 18.3 Å². The van der Waals surface area contributed by atoms with Gasteiger partial charge >= 0.3 is 0 Å². The number of hydrogen-bond donors (Lipinski definition) is 1. The van der Waals surface area contributed by atoms with Crippen molar-refractivity contribution in [2.75, 3.05) is 20.1 Å². The Balaban J connectivity index is 0.00000162. The van der Waals surface area contributed by atoms with Gasteiger partial charge in [0.05, 0.1) is 5.69 Å². The number of nitrogens with zero attached hydrogens (tertiary/aromatic N) is 3. The lowest BCUT2D eigenvalue weighted by Gasteiger charge is -2.32. The van der Waals surface area contributed by atoms with Crippen LogP contribution in [0, 0.1) is 6.92 Å². The second kappa shape index (κ2) is 6.20. The van der Waals surface area contributed by atoms with Crippen LogP contribution in [0.1, 0.15) is 29.0 Å².